The molecule has 0 spiro atoms. The van der Waals surface area contributed by atoms with Crippen molar-refractivity contribution in [1.29, 1.82) is 0 Å². The summed E-state index contributed by atoms with van der Waals surface area (Å²) >= 11 is 3.45. The molecule has 2 aromatic carbocycles. The highest BCUT2D eigenvalue weighted by molar-refractivity contribution is 9.10. The summed E-state index contributed by atoms with van der Waals surface area (Å²) in [6.07, 6.45) is 0.983. The number of carbonyl (C=O) groups excluding carboxylic acids is 1. The first-order chi connectivity index (χ1) is 10.0. The monoisotopic (exact) mass is 349 g/mol. The van der Waals surface area contributed by atoms with Crippen LogP contribution in [-0.2, 0) is 4.79 Å². The zero-order valence-electron chi connectivity index (χ0n) is 12.4. The van der Waals surface area contributed by atoms with Gasteiger partial charge in [0.2, 0.25) is 0 Å². The number of amides is 1. The lowest BCUT2D eigenvalue weighted by atomic mass is 10.1. The second-order valence-electron chi connectivity index (χ2n) is 5.47. The van der Waals surface area contributed by atoms with Crippen molar-refractivity contribution in [3.63, 3.8) is 0 Å². The van der Waals surface area contributed by atoms with Crippen molar-refractivity contribution in [2.45, 2.75) is 20.3 Å². The highest BCUT2D eigenvalue weighted by Gasteiger charge is 2.04. The fraction of sp³-hybridized carbons (Fsp3) is 0.353. The predicted molar refractivity (Wildman–Crippen MR) is 89.6 cm³/mol. The van der Waals surface area contributed by atoms with Gasteiger partial charge in [0.15, 0.2) is 6.61 Å². The van der Waals surface area contributed by atoms with Crippen molar-refractivity contribution in [2.75, 3.05) is 13.2 Å². The number of halogens is 1. The van der Waals surface area contributed by atoms with E-state index in [-0.39, 0.29) is 12.5 Å². The summed E-state index contributed by atoms with van der Waals surface area (Å²) in [4.78, 5) is 11.7. The standard InChI is InChI=1S/C17H20BrNO2/c1-12(2)7-8-19-17(20)11-21-16-6-4-13-9-15(18)5-3-14(13)10-16/h3-6,9-10,12H,7-8,11H2,1-2H3,(H,19,20). The summed E-state index contributed by atoms with van der Waals surface area (Å²) in [7, 11) is 0. The Balaban J connectivity index is 1.88. The van der Waals surface area contributed by atoms with Crippen LogP contribution < -0.4 is 10.1 Å². The largest absolute Gasteiger partial charge is 0.484 e. The number of rotatable bonds is 6. The Bertz CT molecular complexity index is 625. The lowest BCUT2D eigenvalue weighted by Crippen LogP contribution is -2.30. The molecule has 3 nitrogen and oxygen atoms in total. The lowest BCUT2D eigenvalue weighted by Gasteiger charge is -2.09. The number of benzene rings is 2. The van der Waals surface area contributed by atoms with Gasteiger partial charge in [-0.3, -0.25) is 4.79 Å². The summed E-state index contributed by atoms with van der Waals surface area (Å²) in [5.74, 6) is 1.22. The van der Waals surface area contributed by atoms with Crippen molar-refractivity contribution in [3.05, 3.63) is 40.9 Å². The summed E-state index contributed by atoms with van der Waals surface area (Å²) in [6, 6.07) is 11.9. The minimum Gasteiger partial charge on any atom is -0.484 e. The Morgan fingerprint density at radius 1 is 1.19 bits per heavy atom. The smallest absolute Gasteiger partial charge is 0.257 e. The highest BCUT2D eigenvalue weighted by atomic mass is 79.9. The van der Waals surface area contributed by atoms with Gasteiger partial charge >= 0.3 is 0 Å². The van der Waals surface area contributed by atoms with Crippen molar-refractivity contribution >= 4 is 32.6 Å². The number of carbonyl (C=O) groups is 1. The molecule has 0 aliphatic heterocycles. The second-order valence-corrected chi connectivity index (χ2v) is 6.39. The van der Waals surface area contributed by atoms with Crippen LogP contribution in [0.5, 0.6) is 5.75 Å². The van der Waals surface area contributed by atoms with E-state index in [2.05, 4.69) is 41.2 Å². The molecule has 0 atom stereocenters. The highest BCUT2D eigenvalue weighted by Crippen LogP contribution is 2.24. The van der Waals surface area contributed by atoms with Gasteiger partial charge in [-0.05, 0) is 47.4 Å². The molecule has 4 heteroatoms. The molecule has 0 radical (unpaired) electrons. The van der Waals surface area contributed by atoms with Crippen LogP contribution in [0.1, 0.15) is 20.3 Å². The SMILES string of the molecule is CC(C)CCNC(=O)COc1ccc2cc(Br)ccc2c1. The zero-order valence-corrected chi connectivity index (χ0v) is 13.9. The van der Waals surface area contributed by atoms with Gasteiger partial charge in [-0.15, -0.1) is 0 Å². The summed E-state index contributed by atoms with van der Waals surface area (Å²) in [5, 5.41) is 5.09. The molecule has 0 aliphatic carbocycles. The summed E-state index contributed by atoms with van der Waals surface area (Å²) < 4.78 is 6.59. The number of ether oxygens (including phenoxy) is 1. The van der Waals surface area contributed by atoms with Crippen LogP contribution in [-0.4, -0.2) is 19.1 Å². The third-order valence-corrected chi connectivity index (χ3v) is 3.68. The van der Waals surface area contributed by atoms with Crippen LogP contribution in [0.15, 0.2) is 40.9 Å². The topological polar surface area (TPSA) is 38.3 Å². The Morgan fingerprint density at radius 2 is 1.90 bits per heavy atom. The van der Waals surface area contributed by atoms with Crippen molar-refractivity contribution in [1.82, 2.24) is 5.32 Å². The average molecular weight is 350 g/mol. The maximum Gasteiger partial charge on any atom is 0.257 e. The third kappa shape index (κ3) is 5.05. The van der Waals surface area contributed by atoms with Gasteiger partial charge in [0.25, 0.3) is 5.91 Å². The van der Waals surface area contributed by atoms with Crippen LogP contribution in [0.2, 0.25) is 0 Å². The molecule has 0 unspecified atom stereocenters. The molecule has 0 saturated heterocycles. The van der Waals surface area contributed by atoms with Gasteiger partial charge in [-0.1, -0.05) is 41.9 Å². The van der Waals surface area contributed by atoms with E-state index in [4.69, 9.17) is 4.74 Å². The number of nitrogens with one attached hydrogen (secondary N) is 1. The molecule has 1 N–H and O–H groups in total. The molecule has 112 valence electrons. The van der Waals surface area contributed by atoms with Crippen LogP contribution in [0.4, 0.5) is 0 Å². The van der Waals surface area contributed by atoms with Crippen molar-refractivity contribution < 1.29 is 9.53 Å². The Kier molecular flexibility index (Phi) is 5.62. The van der Waals surface area contributed by atoms with E-state index < -0.39 is 0 Å². The minimum absolute atomic E-state index is 0.0557. The van der Waals surface area contributed by atoms with Gasteiger partial charge in [-0.2, -0.15) is 0 Å². The molecule has 0 aromatic heterocycles. The first kappa shape index (κ1) is 15.8. The Labute approximate surface area is 133 Å². The Morgan fingerprint density at radius 3 is 2.67 bits per heavy atom. The van der Waals surface area contributed by atoms with E-state index in [9.17, 15) is 4.79 Å². The molecule has 0 aliphatic rings. The zero-order chi connectivity index (χ0) is 15.2. The molecule has 2 aromatic rings. The van der Waals surface area contributed by atoms with Gasteiger partial charge in [-0.25, -0.2) is 0 Å². The average Bonchev–Trinajstić information content (AvgIpc) is 2.44. The third-order valence-electron chi connectivity index (χ3n) is 3.19. The maximum absolute atomic E-state index is 11.7. The number of hydrogen-bond acceptors (Lipinski definition) is 2. The first-order valence-electron chi connectivity index (χ1n) is 7.13. The molecular formula is C17H20BrNO2. The van der Waals surface area contributed by atoms with E-state index in [0.717, 1.165) is 21.7 Å². The van der Waals surface area contributed by atoms with Crippen LogP contribution in [0.25, 0.3) is 10.8 Å². The van der Waals surface area contributed by atoms with Gasteiger partial charge in [0.05, 0.1) is 0 Å². The number of hydrogen-bond donors (Lipinski definition) is 1. The van der Waals surface area contributed by atoms with E-state index in [1.54, 1.807) is 0 Å². The molecular weight excluding hydrogens is 330 g/mol. The Hall–Kier alpha value is -1.55. The second kappa shape index (κ2) is 7.46. The summed E-state index contributed by atoms with van der Waals surface area (Å²) in [6.45, 7) is 5.03. The van der Waals surface area contributed by atoms with E-state index in [0.29, 0.717) is 18.2 Å². The van der Waals surface area contributed by atoms with Crippen LogP contribution in [0.3, 0.4) is 0 Å². The molecule has 1 amide bonds. The van der Waals surface area contributed by atoms with Crippen LogP contribution >= 0.6 is 15.9 Å². The molecule has 21 heavy (non-hydrogen) atoms. The predicted octanol–water partition coefficient (Wildman–Crippen LogP) is 4.14. The summed E-state index contributed by atoms with van der Waals surface area (Å²) in [5.41, 5.74) is 0. The van der Waals surface area contributed by atoms with Crippen LogP contribution in [0, 0.1) is 5.92 Å². The fourth-order valence-corrected chi connectivity index (χ4v) is 2.36. The molecule has 0 saturated carbocycles. The van der Waals surface area contributed by atoms with Gasteiger partial charge < -0.3 is 10.1 Å². The van der Waals surface area contributed by atoms with E-state index >= 15 is 0 Å². The van der Waals surface area contributed by atoms with Crippen molar-refractivity contribution in [3.8, 4) is 5.75 Å². The van der Waals surface area contributed by atoms with Gasteiger partial charge in [0, 0.05) is 11.0 Å². The van der Waals surface area contributed by atoms with E-state index in [1.807, 2.05) is 30.3 Å². The molecule has 0 bridgehead atoms. The maximum atomic E-state index is 11.7. The molecule has 2 rings (SSSR count). The fourth-order valence-electron chi connectivity index (χ4n) is 1.98. The van der Waals surface area contributed by atoms with Crippen molar-refractivity contribution in [2.24, 2.45) is 5.92 Å². The minimum atomic E-state index is -0.0773. The molecule has 0 fully saturated rings. The normalized spacial score (nSPS) is 10.9. The molecule has 0 heterocycles. The quantitative estimate of drug-likeness (QED) is 0.850. The lowest BCUT2D eigenvalue weighted by molar-refractivity contribution is -0.123. The van der Waals surface area contributed by atoms with Gasteiger partial charge in [0.1, 0.15) is 5.75 Å². The first-order valence-corrected chi connectivity index (χ1v) is 7.93. The van der Waals surface area contributed by atoms with E-state index in [1.165, 1.54) is 0 Å². The number of fused-ring (bicyclic) bond motifs is 1.